The molecule has 0 aliphatic carbocycles. The van der Waals surface area contributed by atoms with Crippen molar-refractivity contribution in [3.05, 3.63) is 82.5 Å². The molecule has 24 heavy (non-hydrogen) atoms. The number of carbonyl (C=O) groups excluding carboxylic acids is 1. The van der Waals surface area contributed by atoms with E-state index in [1.807, 2.05) is 30.3 Å². The molecule has 120 valence electrons. The number of hydrogen-bond donors (Lipinski definition) is 1. The van der Waals surface area contributed by atoms with Gasteiger partial charge in [-0.15, -0.1) is 0 Å². The van der Waals surface area contributed by atoms with E-state index in [-0.39, 0.29) is 5.91 Å². The van der Waals surface area contributed by atoms with Crippen molar-refractivity contribution >= 4 is 40.9 Å². The van der Waals surface area contributed by atoms with Crippen LogP contribution in [0.25, 0.3) is 17.4 Å². The largest absolute Gasteiger partial charge is 0.457 e. The van der Waals surface area contributed by atoms with Gasteiger partial charge in [-0.3, -0.25) is 4.79 Å². The molecule has 0 aliphatic rings. The Morgan fingerprint density at radius 3 is 2.38 bits per heavy atom. The molecule has 0 unspecified atom stereocenters. The molecule has 0 atom stereocenters. The zero-order valence-corrected chi connectivity index (χ0v) is 14.0. The fraction of sp³-hybridized carbons (Fsp3) is 0. The number of furan rings is 1. The highest BCUT2D eigenvalue weighted by atomic mass is 35.5. The molecule has 1 aromatic heterocycles. The quantitative estimate of drug-likeness (QED) is 0.590. The van der Waals surface area contributed by atoms with E-state index in [2.05, 4.69) is 5.32 Å². The van der Waals surface area contributed by atoms with Crippen LogP contribution in [0.1, 0.15) is 5.76 Å². The van der Waals surface area contributed by atoms with Crippen molar-refractivity contribution in [1.29, 1.82) is 0 Å². The number of halogens is 2. The molecular formula is C19H13Cl2NO2. The van der Waals surface area contributed by atoms with Crippen molar-refractivity contribution in [2.45, 2.75) is 0 Å². The molecule has 3 rings (SSSR count). The summed E-state index contributed by atoms with van der Waals surface area (Å²) >= 11 is 12.0. The SMILES string of the molecule is O=C(/C=C/c1ccc(-c2cc(Cl)cc(Cl)c2)o1)Nc1ccccc1. The third-order valence-electron chi connectivity index (χ3n) is 3.21. The van der Waals surface area contributed by atoms with Gasteiger partial charge in [0.15, 0.2) is 0 Å². The minimum atomic E-state index is -0.232. The van der Waals surface area contributed by atoms with Crippen LogP contribution in [-0.2, 0) is 4.79 Å². The fourth-order valence-corrected chi connectivity index (χ4v) is 2.68. The molecule has 1 amide bonds. The Hall–Kier alpha value is -2.49. The van der Waals surface area contributed by atoms with Crippen molar-refractivity contribution < 1.29 is 9.21 Å². The first-order valence-corrected chi connectivity index (χ1v) is 7.96. The first-order chi connectivity index (χ1) is 11.6. The van der Waals surface area contributed by atoms with Crippen molar-refractivity contribution in [3.8, 4) is 11.3 Å². The monoisotopic (exact) mass is 357 g/mol. The minimum Gasteiger partial charge on any atom is -0.457 e. The molecule has 3 nitrogen and oxygen atoms in total. The van der Waals surface area contributed by atoms with Crippen LogP contribution in [0.5, 0.6) is 0 Å². The summed E-state index contributed by atoms with van der Waals surface area (Å²) in [5, 5.41) is 3.83. The smallest absolute Gasteiger partial charge is 0.248 e. The van der Waals surface area contributed by atoms with Crippen molar-refractivity contribution in [1.82, 2.24) is 0 Å². The molecule has 1 N–H and O–H groups in total. The molecule has 0 radical (unpaired) electrons. The molecule has 0 saturated carbocycles. The predicted molar refractivity (Wildman–Crippen MR) is 98.3 cm³/mol. The van der Waals surface area contributed by atoms with Crippen molar-refractivity contribution in [3.63, 3.8) is 0 Å². The Bertz CT molecular complexity index is 865. The number of amides is 1. The summed E-state index contributed by atoms with van der Waals surface area (Å²) in [6.45, 7) is 0. The molecule has 0 spiro atoms. The number of rotatable bonds is 4. The molecule has 3 aromatic rings. The number of anilines is 1. The highest BCUT2D eigenvalue weighted by molar-refractivity contribution is 6.35. The lowest BCUT2D eigenvalue weighted by molar-refractivity contribution is -0.111. The number of carbonyl (C=O) groups is 1. The van der Waals surface area contributed by atoms with Gasteiger partial charge < -0.3 is 9.73 Å². The summed E-state index contributed by atoms with van der Waals surface area (Å²) in [5.74, 6) is 0.955. The second-order valence-electron chi connectivity index (χ2n) is 5.05. The zero-order chi connectivity index (χ0) is 16.9. The highest BCUT2D eigenvalue weighted by Gasteiger charge is 2.06. The third-order valence-corrected chi connectivity index (χ3v) is 3.65. The van der Waals surface area contributed by atoms with Crippen LogP contribution in [0.4, 0.5) is 5.69 Å². The maximum atomic E-state index is 11.9. The maximum Gasteiger partial charge on any atom is 0.248 e. The normalized spacial score (nSPS) is 10.9. The van der Waals surface area contributed by atoms with Crippen LogP contribution in [0.15, 0.2) is 71.2 Å². The van der Waals surface area contributed by atoms with E-state index in [1.54, 1.807) is 36.4 Å². The van der Waals surface area contributed by atoms with Crippen LogP contribution in [-0.4, -0.2) is 5.91 Å². The van der Waals surface area contributed by atoms with Gasteiger partial charge in [0.05, 0.1) is 0 Å². The maximum absolute atomic E-state index is 11.9. The fourth-order valence-electron chi connectivity index (χ4n) is 2.16. The van der Waals surface area contributed by atoms with Gasteiger partial charge in [-0.25, -0.2) is 0 Å². The van der Waals surface area contributed by atoms with Crippen LogP contribution in [0.3, 0.4) is 0 Å². The van der Waals surface area contributed by atoms with Crippen molar-refractivity contribution in [2.24, 2.45) is 0 Å². The molecule has 5 heteroatoms. The van der Waals surface area contributed by atoms with Gasteiger partial charge in [0.1, 0.15) is 11.5 Å². The van der Waals surface area contributed by atoms with Crippen LogP contribution >= 0.6 is 23.2 Å². The summed E-state index contributed by atoms with van der Waals surface area (Å²) in [6.07, 6.45) is 3.02. The number of hydrogen-bond acceptors (Lipinski definition) is 2. The van der Waals surface area contributed by atoms with E-state index in [0.717, 1.165) is 11.3 Å². The summed E-state index contributed by atoms with van der Waals surface area (Å²) < 4.78 is 5.70. The Kier molecular flexibility index (Phi) is 5.04. The van der Waals surface area contributed by atoms with Gasteiger partial charge in [0, 0.05) is 27.4 Å². The molecule has 0 aliphatic heterocycles. The number of benzene rings is 2. The third kappa shape index (κ3) is 4.28. The summed E-state index contributed by atoms with van der Waals surface area (Å²) in [4.78, 5) is 11.9. The van der Waals surface area contributed by atoms with Gasteiger partial charge in [-0.1, -0.05) is 41.4 Å². The lowest BCUT2D eigenvalue weighted by Gasteiger charge is -2.00. The summed E-state index contributed by atoms with van der Waals surface area (Å²) in [6, 6.07) is 18.0. The van der Waals surface area contributed by atoms with Crippen LogP contribution < -0.4 is 5.32 Å². The molecule has 2 aromatic carbocycles. The Balaban J connectivity index is 1.70. The van der Waals surface area contributed by atoms with Gasteiger partial charge in [0.2, 0.25) is 5.91 Å². The minimum absolute atomic E-state index is 0.232. The summed E-state index contributed by atoms with van der Waals surface area (Å²) in [5.41, 5.74) is 1.52. The highest BCUT2D eigenvalue weighted by Crippen LogP contribution is 2.28. The lowest BCUT2D eigenvalue weighted by atomic mass is 10.2. The van der Waals surface area contributed by atoms with Crippen LogP contribution in [0.2, 0.25) is 10.0 Å². The van der Waals surface area contributed by atoms with E-state index < -0.39 is 0 Å². The second-order valence-corrected chi connectivity index (χ2v) is 5.92. The van der Waals surface area contributed by atoms with Gasteiger partial charge in [-0.05, 0) is 48.5 Å². The first kappa shape index (κ1) is 16.4. The lowest BCUT2D eigenvalue weighted by Crippen LogP contribution is -2.07. The van der Waals surface area contributed by atoms with Gasteiger partial charge in [-0.2, -0.15) is 0 Å². The summed E-state index contributed by atoms with van der Waals surface area (Å²) in [7, 11) is 0. The van der Waals surface area contributed by atoms with Gasteiger partial charge in [0.25, 0.3) is 0 Å². The zero-order valence-electron chi connectivity index (χ0n) is 12.5. The topological polar surface area (TPSA) is 42.2 Å². The Labute approximate surface area is 149 Å². The molecule has 0 bridgehead atoms. The van der Waals surface area contributed by atoms with E-state index in [1.165, 1.54) is 6.08 Å². The predicted octanol–water partition coefficient (Wildman–Crippen LogP) is 5.91. The van der Waals surface area contributed by atoms with E-state index in [0.29, 0.717) is 21.6 Å². The second kappa shape index (κ2) is 7.39. The molecule has 0 saturated heterocycles. The average molecular weight is 358 g/mol. The van der Waals surface area contributed by atoms with E-state index >= 15 is 0 Å². The van der Waals surface area contributed by atoms with E-state index in [4.69, 9.17) is 27.6 Å². The van der Waals surface area contributed by atoms with Crippen LogP contribution in [0, 0.1) is 0 Å². The molecular weight excluding hydrogens is 345 g/mol. The number of para-hydroxylation sites is 1. The molecule has 0 fully saturated rings. The van der Waals surface area contributed by atoms with E-state index in [9.17, 15) is 4.79 Å². The molecule has 1 heterocycles. The Morgan fingerprint density at radius 2 is 1.67 bits per heavy atom. The Morgan fingerprint density at radius 1 is 0.958 bits per heavy atom. The average Bonchev–Trinajstić information content (AvgIpc) is 3.02. The first-order valence-electron chi connectivity index (χ1n) is 7.20. The number of nitrogens with one attached hydrogen (secondary N) is 1. The van der Waals surface area contributed by atoms with Gasteiger partial charge >= 0.3 is 0 Å². The standard InChI is InChI=1S/C19H13Cl2NO2/c20-14-10-13(11-15(21)12-14)18-8-6-17(24-18)7-9-19(23)22-16-4-2-1-3-5-16/h1-12H,(H,22,23)/b9-7+. The van der Waals surface area contributed by atoms with Crippen molar-refractivity contribution in [2.75, 3.05) is 5.32 Å².